The van der Waals surface area contributed by atoms with E-state index in [0.29, 0.717) is 40.1 Å². The maximum absolute atomic E-state index is 12.5. The second kappa shape index (κ2) is 9.43. The molecule has 3 heterocycles. The minimum atomic E-state index is -0.345. The van der Waals surface area contributed by atoms with Gasteiger partial charge in [0, 0.05) is 23.5 Å². The van der Waals surface area contributed by atoms with Crippen LogP contribution in [0, 0.1) is 0 Å². The van der Waals surface area contributed by atoms with Crippen molar-refractivity contribution in [3.8, 4) is 22.9 Å². The molecule has 37 heavy (non-hydrogen) atoms. The van der Waals surface area contributed by atoms with E-state index in [0.717, 1.165) is 24.1 Å². The molecule has 2 aliphatic heterocycles. The summed E-state index contributed by atoms with van der Waals surface area (Å²) in [5, 5.41) is 18.4. The Morgan fingerprint density at radius 1 is 1.05 bits per heavy atom. The molecular formula is C26H25N7O4. The second-order valence-corrected chi connectivity index (χ2v) is 8.79. The number of tetrazole rings is 1. The molecule has 0 saturated heterocycles. The summed E-state index contributed by atoms with van der Waals surface area (Å²) < 4.78 is 18.9. The summed E-state index contributed by atoms with van der Waals surface area (Å²) in [5.41, 5.74) is 4.07. The van der Waals surface area contributed by atoms with Crippen molar-refractivity contribution in [2.75, 3.05) is 38.1 Å². The van der Waals surface area contributed by atoms with E-state index in [1.807, 2.05) is 67.7 Å². The number of aromatic nitrogens is 4. The first-order valence-corrected chi connectivity index (χ1v) is 11.8. The average Bonchev–Trinajstić information content (AvgIpc) is 3.58. The number of carbonyl (C=O) groups excluding carboxylic acids is 1. The molecule has 11 heteroatoms. The van der Waals surface area contributed by atoms with Crippen LogP contribution in [0.5, 0.6) is 17.2 Å². The molecular weight excluding hydrogens is 474 g/mol. The summed E-state index contributed by atoms with van der Waals surface area (Å²) >= 11 is 0. The fraction of sp³-hybridized carbons (Fsp3) is 0.231. The van der Waals surface area contributed by atoms with E-state index < -0.39 is 0 Å². The Hall–Kier alpha value is -4.64. The smallest absolute Gasteiger partial charge is 0.323 e. The van der Waals surface area contributed by atoms with Gasteiger partial charge in [0.15, 0.2) is 17.3 Å². The molecule has 0 saturated carbocycles. The number of anilines is 2. The van der Waals surface area contributed by atoms with Crippen molar-refractivity contribution in [3.63, 3.8) is 0 Å². The molecule has 0 aliphatic carbocycles. The molecule has 4 aromatic rings. The van der Waals surface area contributed by atoms with Crippen molar-refractivity contribution < 1.29 is 19.0 Å². The van der Waals surface area contributed by atoms with Crippen LogP contribution in [-0.4, -0.2) is 58.6 Å². The third-order valence-corrected chi connectivity index (χ3v) is 6.51. The SMILES string of the molecule is COc1c2c(cc3c1C(c1nnnn1-c1cccc(NC(=O)Nc4ccccc4)c1)N(C)CC3)OCO2. The molecule has 11 nitrogen and oxygen atoms in total. The van der Waals surface area contributed by atoms with Crippen LogP contribution in [0.25, 0.3) is 5.69 Å². The molecule has 2 N–H and O–H groups in total. The molecule has 2 amide bonds. The van der Waals surface area contributed by atoms with Gasteiger partial charge in [-0.15, -0.1) is 5.10 Å². The number of rotatable bonds is 5. The van der Waals surface area contributed by atoms with E-state index in [2.05, 4.69) is 31.1 Å². The van der Waals surface area contributed by atoms with Gasteiger partial charge >= 0.3 is 6.03 Å². The molecule has 6 rings (SSSR count). The first kappa shape index (κ1) is 22.8. The Morgan fingerprint density at radius 2 is 1.86 bits per heavy atom. The topological polar surface area (TPSA) is 116 Å². The normalized spacial score (nSPS) is 16.2. The molecule has 0 bridgehead atoms. The van der Waals surface area contributed by atoms with Crippen LogP contribution in [0.4, 0.5) is 16.2 Å². The van der Waals surface area contributed by atoms with Crippen LogP contribution in [0.2, 0.25) is 0 Å². The van der Waals surface area contributed by atoms with Gasteiger partial charge in [-0.25, -0.2) is 4.79 Å². The van der Waals surface area contributed by atoms with Gasteiger partial charge in [-0.05, 0) is 65.9 Å². The Balaban J connectivity index is 1.34. The van der Waals surface area contributed by atoms with Gasteiger partial charge in [-0.1, -0.05) is 24.3 Å². The van der Waals surface area contributed by atoms with Crippen LogP contribution in [-0.2, 0) is 6.42 Å². The summed E-state index contributed by atoms with van der Waals surface area (Å²) in [5.74, 6) is 2.53. The van der Waals surface area contributed by atoms with Crippen molar-refractivity contribution in [2.45, 2.75) is 12.5 Å². The van der Waals surface area contributed by atoms with E-state index in [1.165, 1.54) is 0 Å². The highest BCUT2D eigenvalue weighted by molar-refractivity contribution is 5.99. The van der Waals surface area contributed by atoms with Crippen molar-refractivity contribution >= 4 is 17.4 Å². The zero-order valence-corrected chi connectivity index (χ0v) is 20.3. The lowest BCUT2D eigenvalue weighted by atomic mass is 9.90. The molecule has 1 aromatic heterocycles. The summed E-state index contributed by atoms with van der Waals surface area (Å²) in [6.45, 7) is 0.957. The maximum Gasteiger partial charge on any atom is 0.323 e. The second-order valence-electron chi connectivity index (χ2n) is 8.79. The van der Waals surface area contributed by atoms with Crippen molar-refractivity contribution in [1.29, 1.82) is 0 Å². The van der Waals surface area contributed by atoms with E-state index in [4.69, 9.17) is 14.2 Å². The number of carbonyl (C=O) groups is 1. The Bertz CT molecular complexity index is 1460. The fourth-order valence-electron chi connectivity index (χ4n) is 4.84. The van der Waals surface area contributed by atoms with Crippen LogP contribution in [0.3, 0.4) is 0 Å². The van der Waals surface area contributed by atoms with Gasteiger partial charge in [-0.2, -0.15) is 4.68 Å². The third-order valence-electron chi connectivity index (χ3n) is 6.51. The van der Waals surface area contributed by atoms with Gasteiger partial charge in [0.25, 0.3) is 0 Å². The molecule has 0 radical (unpaired) electrons. The van der Waals surface area contributed by atoms with Gasteiger partial charge in [0.1, 0.15) is 6.04 Å². The van der Waals surface area contributed by atoms with E-state index in [9.17, 15) is 4.79 Å². The maximum atomic E-state index is 12.5. The Morgan fingerprint density at radius 3 is 2.70 bits per heavy atom. The predicted octanol–water partition coefficient (Wildman–Crippen LogP) is 3.62. The summed E-state index contributed by atoms with van der Waals surface area (Å²) in [7, 11) is 3.66. The third kappa shape index (κ3) is 4.19. The minimum Gasteiger partial charge on any atom is -0.492 e. The molecule has 1 atom stereocenters. The highest BCUT2D eigenvalue weighted by Gasteiger charge is 2.37. The van der Waals surface area contributed by atoms with Gasteiger partial charge < -0.3 is 24.8 Å². The summed E-state index contributed by atoms with van der Waals surface area (Å²) in [6.07, 6.45) is 0.826. The van der Waals surface area contributed by atoms with E-state index in [1.54, 1.807) is 11.8 Å². The monoisotopic (exact) mass is 499 g/mol. The van der Waals surface area contributed by atoms with Crippen molar-refractivity contribution in [1.82, 2.24) is 25.1 Å². The summed E-state index contributed by atoms with van der Waals surface area (Å²) in [4.78, 5) is 14.7. The van der Waals surface area contributed by atoms with Gasteiger partial charge in [-0.3, -0.25) is 4.90 Å². The number of benzene rings is 3. The highest BCUT2D eigenvalue weighted by atomic mass is 16.7. The lowest BCUT2D eigenvalue weighted by Gasteiger charge is -2.34. The van der Waals surface area contributed by atoms with Crippen LogP contribution in [0.1, 0.15) is 23.0 Å². The number of likely N-dealkylation sites (N-methyl/N-ethyl adjacent to an activating group) is 1. The summed E-state index contributed by atoms with van der Waals surface area (Å²) in [6, 6.07) is 18.0. The zero-order chi connectivity index (χ0) is 25.4. The van der Waals surface area contributed by atoms with Crippen molar-refractivity contribution in [3.05, 3.63) is 77.6 Å². The number of amides is 2. The van der Waals surface area contributed by atoms with Crippen LogP contribution in [0.15, 0.2) is 60.7 Å². The highest BCUT2D eigenvalue weighted by Crippen LogP contribution is 2.50. The number of hydrogen-bond donors (Lipinski definition) is 2. The number of fused-ring (bicyclic) bond motifs is 2. The van der Waals surface area contributed by atoms with Crippen LogP contribution < -0.4 is 24.8 Å². The standard InChI is InChI=1S/C26H25N7O4/c1-32-12-11-16-13-20-23(37-15-36-20)24(35-2)21(16)22(32)25-29-30-31-33(25)19-10-6-9-18(14-19)28-26(34)27-17-7-4-3-5-8-17/h3-10,13-14,22H,11-12,15H2,1-2H3,(H2,27,28,34). The first-order valence-electron chi connectivity index (χ1n) is 11.8. The zero-order valence-electron chi connectivity index (χ0n) is 20.3. The molecule has 0 spiro atoms. The molecule has 188 valence electrons. The lowest BCUT2D eigenvalue weighted by molar-refractivity contribution is 0.170. The minimum absolute atomic E-state index is 0.157. The van der Waals surface area contributed by atoms with Crippen LogP contribution >= 0.6 is 0 Å². The van der Waals surface area contributed by atoms with E-state index in [-0.39, 0.29) is 18.9 Å². The molecule has 3 aromatic carbocycles. The number of hydrogen-bond acceptors (Lipinski definition) is 8. The lowest BCUT2D eigenvalue weighted by Crippen LogP contribution is -2.35. The fourth-order valence-corrected chi connectivity index (χ4v) is 4.84. The average molecular weight is 500 g/mol. The number of methoxy groups -OCH3 is 1. The number of nitrogens with one attached hydrogen (secondary N) is 2. The largest absolute Gasteiger partial charge is 0.492 e. The Labute approximate surface area is 212 Å². The Kier molecular flexibility index (Phi) is 5.81. The molecule has 2 aliphatic rings. The van der Waals surface area contributed by atoms with Crippen molar-refractivity contribution in [2.24, 2.45) is 0 Å². The molecule has 1 unspecified atom stereocenters. The number of para-hydroxylation sites is 1. The first-order chi connectivity index (χ1) is 18.1. The quantitative estimate of drug-likeness (QED) is 0.428. The molecule has 0 fully saturated rings. The predicted molar refractivity (Wildman–Crippen MR) is 136 cm³/mol. The number of nitrogens with zero attached hydrogens (tertiary/aromatic N) is 5. The number of ether oxygens (including phenoxy) is 3. The number of urea groups is 1. The van der Waals surface area contributed by atoms with Gasteiger partial charge in [0.2, 0.25) is 12.5 Å². The van der Waals surface area contributed by atoms with E-state index >= 15 is 0 Å². The van der Waals surface area contributed by atoms with Gasteiger partial charge in [0.05, 0.1) is 12.8 Å².